The van der Waals surface area contributed by atoms with E-state index in [1.165, 1.54) is 0 Å². The number of carboxylic acid groups (broad SMARTS) is 3. The fourth-order valence-electron chi connectivity index (χ4n) is 0.638. The summed E-state index contributed by atoms with van der Waals surface area (Å²) in [6, 6.07) is -0.683. The van der Waals surface area contributed by atoms with Crippen molar-refractivity contribution in [1.82, 2.24) is 0 Å². The van der Waals surface area contributed by atoms with E-state index in [9.17, 15) is 14.4 Å². The van der Waals surface area contributed by atoms with Gasteiger partial charge in [-0.2, -0.15) is 11.8 Å². The fraction of sp³-hybridized carbons (Fsp3) is 0.667. The zero-order chi connectivity index (χ0) is 15.6. The molecule has 3 atom stereocenters. The first-order chi connectivity index (χ1) is 8.64. The van der Waals surface area contributed by atoms with Crippen LogP contribution in [0.25, 0.3) is 0 Å². The Kier molecular flexibility index (Phi) is 11.1. The molecule has 0 saturated carbocycles. The van der Waals surface area contributed by atoms with Crippen LogP contribution in [0.4, 0.5) is 0 Å². The molecule has 0 bridgehead atoms. The maximum absolute atomic E-state index is 10.1. The van der Waals surface area contributed by atoms with Crippen LogP contribution in [0.1, 0.15) is 6.42 Å². The second kappa shape index (κ2) is 10.6. The van der Waals surface area contributed by atoms with Crippen molar-refractivity contribution >= 4 is 29.7 Å². The fourth-order valence-corrected chi connectivity index (χ4v) is 1.13. The third kappa shape index (κ3) is 10.3. The molecule has 0 rings (SSSR count). The zero-order valence-corrected chi connectivity index (χ0v) is 10.9. The number of carboxylic acids is 3. The number of nitrogens with two attached hydrogens (primary N) is 1. The van der Waals surface area contributed by atoms with Gasteiger partial charge in [-0.3, -0.25) is 4.79 Å². The minimum absolute atomic E-state index is 0.552. The van der Waals surface area contributed by atoms with Crippen molar-refractivity contribution in [2.75, 3.05) is 12.0 Å². The van der Waals surface area contributed by atoms with E-state index < -0.39 is 36.2 Å². The molecule has 0 aromatic rings. The van der Waals surface area contributed by atoms with E-state index in [-0.39, 0.29) is 0 Å². The highest BCUT2D eigenvalue weighted by molar-refractivity contribution is 7.98. The Hall–Kier alpha value is -1.36. The Morgan fingerprint density at radius 1 is 1.00 bits per heavy atom. The molecule has 9 nitrogen and oxygen atoms in total. The number of aliphatic hydroxyl groups is 2. The van der Waals surface area contributed by atoms with Crippen LogP contribution in [-0.4, -0.2) is 73.7 Å². The highest BCUT2D eigenvalue weighted by Gasteiger charge is 2.29. The van der Waals surface area contributed by atoms with Gasteiger partial charge in [-0.1, -0.05) is 0 Å². The lowest BCUT2D eigenvalue weighted by Gasteiger charge is -2.07. The van der Waals surface area contributed by atoms with Crippen molar-refractivity contribution in [1.29, 1.82) is 0 Å². The molecule has 0 amide bonds. The van der Waals surface area contributed by atoms with Crippen molar-refractivity contribution in [3.05, 3.63) is 0 Å². The highest BCUT2D eigenvalue weighted by Crippen LogP contribution is 1.97. The monoisotopic (exact) mass is 299 g/mol. The van der Waals surface area contributed by atoms with Gasteiger partial charge in [0.25, 0.3) is 0 Å². The smallest absolute Gasteiger partial charge is 0.335 e. The predicted molar refractivity (Wildman–Crippen MR) is 65.9 cm³/mol. The molecular formula is C9H17NO8S. The highest BCUT2D eigenvalue weighted by atomic mass is 32.2. The summed E-state index contributed by atoms with van der Waals surface area (Å²) in [4.78, 5) is 29.6. The molecule has 0 fully saturated rings. The van der Waals surface area contributed by atoms with Crippen LogP contribution in [0.3, 0.4) is 0 Å². The molecule has 0 aromatic heterocycles. The minimum Gasteiger partial charge on any atom is -0.480 e. The van der Waals surface area contributed by atoms with E-state index in [4.69, 9.17) is 31.3 Å². The molecule has 0 saturated heterocycles. The van der Waals surface area contributed by atoms with Crippen molar-refractivity contribution in [3.63, 3.8) is 0 Å². The van der Waals surface area contributed by atoms with E-state index in [0.717, 1.165) is 5.75 Å². The van der Waals surface area contributed by atoms with E-state index in [1.807, 2.05) is 6.26 Å². The maximum atomic E-state index is 10.1. The van der Waals surface area contributed by atoms with Crippen molar-refractivity contribution in [3.8, 4) is 0 Å². The number of aliphatic carboxylic acids is 3. The van der Waals surface area contributed by atoms with E-state index in [0.29, 0.717) is 6.42 Å². The van der Waals surface area contributed by atoms with Crippen LogP contribution in [0.15, 0.2) is 0 Å². The van der Waals surface area contributed by atoms with Crippen molar-refractivity contribution in [2.24, 2.45) is 5.73 Å². The van der Waals surface area contributed by atoms with Gasteiger partial charge in [-0.15, -0.1) is 0 Å². The standard InChI is InChI=1S/C5H11NO2S.C4H6O6/c1-9-3-2-4(6)5(7)8;5-1(3(7)8)2(6)4(9)10/h4H,2-3,6H2,1H3,(H,7,8);1-2,5-6H,(H,7,8)(H,9,10)/t4-;/m0./s1. The molecule has 0 heterocycles. The average Bonchev–Trinajstić information content (AvgIpc) is 2.34. The normalized spacial score (nSPS) is 14.5. The average molecular weight is 299 g/mol. The second-order valence-corrected chi connectivity index (χ2v) is 4.28. The molecule has 7 N–H and O–H groups in total. The lowest BCUT2D eigenvalue weighted by Crippen LogP contribution is -2.39. The molecule has 2 unspecified atom stereocenters. The van der Waals surface area contributed by atoms with Crippen LogP contribution >= 0.6 is 11.8 Å². The Labute approximate surface area is 113 Å². The van der Waals surface area contributed by atoms with Crippen LogP contribution in [0, 0.1) is 0 Å². The quantitative estimate of drug-likeness (QED) is 0.309. The summed E-state index contributed by atoms with van der Waals surface area (Å²) in [5.41, 5.74) is 5.19. The Morgan fingerprint density at radius 2 is 1.37 bits per heavy atom. The number of aliphatic hydroxyl groups excluding tert-OH is 2. The summed E-state index contributed by atoms with van der Waals surface area (Å²) >= 11 is 1.60. The van der Waals surface area contributed by atoms with Crippen LogP contribution in [-0.2, 0) is 14.4 Å². The summed E-state index contributed by atoms with van der Waals surface area (Å²) in [6.45, 7) is 0. The van der Waals surface area contributed by atoms with Crippen LogP contribution in [0.2, 0.25) is 0 Å². The third-order valence-corrected chi connectivity index (χ3v) is 2.40. The lowest BCUT2D eigenvalue weighted by atomic mass is 10.2. The Balaban J connectivity index is 0. The number of rotatable bonds is 7. The second-order valence-electron chi connectivity index (χ2n) is 3.29. The van der Waals surface area contributed by atoms with E-state index in [2.05, 4.69) is 0 Å². The number of thioether (sulfide) groups is 1. The molecule has 0 aliphatic carbocycles. The summed E-state index contributed by atoms with van der Waals surface area (Å²) < 4.78 is 0. The first kappa shape index (κ1) is 20.0. The number of hydrogen-bond acceptors (Lipinski definition) is 7. The molecule has 0 aliphatic heterocycles. The van der Waals surface area contributed by atoms with Crippen LogP contribution in [0.5, 0.6) is 0 Å². The topological polar surface area (TPSA) is 178 Å². The van der Waals surface area contributed by atoms with Gasteiger partial charge in [0.2, 0.25) is 0 Å². The summed E-state index contributed by atoms with van der Waals surface area (Å²) in [7, 11) is 0. The Morgan fingerprint density at radius 3 is 1.58 bits per heavy atom. The summed E-state index contributed by atoms with van der Waals surface area (Å²) in [5, 5.41) is 40.8. The van der Waals surface area contributed by atoms with Crippen LogP contribution < -0.4 is 5.73 Å². The van der Waals surface area contributed by atoms with E-state index >= 15 is 0 Å². The third-order valence-electron chi connectivity index (χ3n) is 1.76. The van der Waals surface area contributed by atoms with Crippen molar-refractivity contribution < 1.29 is 39.9 Å². The van der Waals surface area contributed by atoms with Gasteiger partial charge in [0.05, 0.1) is 0 Å². The number of hydrogen-bond donors (Lipinski definition) is 6. The first-order valence-corrected chi connectivity index (χ1v) is 6.33. The maximum Gasteiger partial charge on any atom is 0.335 e. The summed E-state index contributed by atoms with van der Waals surface area (Å²) in [6.07, 6.45) is -2.06. The van der Waals surface area contributed by atoms with Gasteiger partial charge >= 0.3 is 17.9 Å². The van der Waals surface area contributed by atoms with Crippen molar-refractivity contribution in [2.45, 2.75) is 24.7 Å². The molecular weight excluding hydrogens is 282 g/mol. The molecule has 0 radical (unpaired) electrons. The minimum atomic E-state index is -2.27. The summed E-state index contributed by atoms with van der Waals surface area (Å²) in [5.74, 6) is -3.64. The SMILES string of the molecule is CSCC[C@H](N)C(=O)O.O=C(O)C(O)C(O)C(=O)O. The molecule has 0 spiro atoms. The molecule has 10 heteroatoms. The van der Waals surface area contributed by atoms with Gasteiger partial charge in [-0.05, 0) is 18.4 Å². The van der Waals surface area contributed by atoms with Gasteiger partial charge in [0, 0.05) is 0 Å². The Bertz CT molecular complexity index is 293. The lowest BCUT2D eigenvalue weighted by molar-refractivity contribution is -0.165. The van der Waals surface area contributed by atoms with Gasteiger partial charge in [0.1, 0.15) is 6.04 Å². The number of carbonyl (C=O) groups is 3. The van der Waals surface area contributed by atoms with E-state index in [1.54, 1.807) is 11.8 Å². The molecule has 19 heavy (non-hydrogen) atoms. The largest absolute Gasteiger partial charge is 0.480 e. The van der Waals surface area contributed by atoms with Gasteiger partial charge in [0.15, 0.2) is 12.2 Å². The zero-order valence-electron chi connectivity index (χ0n) is 10.1. The van der Waals surface area contributed by atoms with Gasteiger partial charge < -0.3 is 31.3 Å². The molecule has 0 aromatic carbocycles. The predicted octanol–water partition coefficient (Wildman–Crippen LogP) is -1.97. The van der Waals surface area contributed by atoms with Gasteiger partial charge in [-0.25, -0.2) is 9.59 Å². The first-order valence-electron chi connectivity index (χ1n) is 4.94. The molecule has 0 aliphatic rings. The molecule has 112 valence electrons.